The normalized spacial score (nSPS) is 17.0. The van der Waals surface area contributed by atoms with Gasteiger partial charge in [0.25, 0.3) is 11.8 Å². The molecule has 2 aromatic rings. The minimum atomic E-state index is -0.236. The Morgan fingerprint density at radius 1 is 1.14 bits per heavy atom. The highest BCUT2D eigenvalue weighted by Crippen LogP contribution is 2.24. The maximum atomic E-state index is 12.3. The van der Waals surface area contributed by atoms with Crippen molar-refractivity contribution in [2.45, 2.75) is 19.6 Å². The van der Waals surface area contributed by atoms with E-state index in [2.05, 4.69) is 10.4 Å². The van der Waals surface area contributed by atoms with E-state index in [9.17, 15) is 9.59 Å². The molecule has 0 fully saturated rings. The number of imide groups is 1. The molecule has 0 saturated carbocycles. The molecule has 106 valence electrons. The molecule has 6 nitrogen and oxygen atoms in total. The lowest BCUT2D eigenvalue weighted by Gasteiger charge is -2.13. The molecule has 1 N–H and O–H groups in total. The zero-order valence-corrected chi connectivity index (χ0v) is 11.4. The van der Waals surface area contributed by atoms with E-state index in [1.807, 2.05) is 10.7 Å². The Labute approximate surface area is 121 Å². The van der Waals surface area contributed by atoms with Crippen molar-refractivity contribution in [1.82, 2.24) is 20.0 Å². The van der Waals surface area contributed by atoms with Crippen LogP contribution >= 0.6 is 0 Å². The zero-order chi connectivity index (χ0) is 14.4. The quantitative estimate of drug-likeness (QED) is 0.827. The van der Waals surface area contributed by atoms with Crippen LogP contribution in [0.3, 0.4) is 0 Å². The first-order valence-electron chi connectivity index (χ1n) is 6.95. The highest BCUT2D eigenvalue weighted by atomic mass is 16.2. The summed E-state index contributed by atoms with van der Waals surface area (Å²) in [5.74, 6) is -0.473. The number of benzene rings is 1. The van der Waals surface area contributed by atoms with Gasteiger partial charge >= 0.3 is 0 Å². The standard InChI is InChI=1S/C15H14N4O2/c20-14-12-3-1-2-4-13(12)15(21)18(14)9-10-7-11-8-16-5-6-19(11)17-10/h1-4,7,16H,5-6,8-9H2. The Morgan fingerprint density at radius 3 is 2.52 bits per heavy atom. The Kier molecular flexibility index (Phi) is 2.65. The van der Waals surface area contributed by atoms with Gasteiger partial charge in [-0.25, -0.2) is 0 Å². The summed E-state index contributed by atoms with van der Waals surface area (Å²) in [5, 5.41) is 7.75. The van der Waals surface area contributed by atoms with Crippen molar-refractivity contribution < 1.29 is 9.59 Å². The van der Waals surface area contributed by atoms with Crippen molar-refractivity contribution in [3.63, 3.8) is 0 Å². The monoisotopic (exact) mass is 282 g/mol. The molecule has 0 aliphatic carbocycles. The summed E-state index contributed by atoms with van der Waals surface area (Å²) in [6.45, 7) is 2.71. The number of hydrogen-bond acceptors (Lipinski definition) is 4. The van der Waals surface area contributed by atoms with Gasteiger partial charge in [0, 0.05) is 13.1 Å². The van der Waals surface area contributed by atoms with E-state index in [0.29, 0.717) is 11.1 Å². The Bertz CT molecular complexity index is 691. The number of carbonyl (C=O) groups is 2. The molecular formula is C15H14N4O2. The topological polar surface area (TPSA) is 67.2 Å². The van der Waals surface area contributed by atoms with Crippen LogP contribution in [-0.4, -0.2) is 33.0 Å². The van der Waals surface area contributed by atoms with E-state index < -0.39 is 0 Å². The zero-order valence-electron chi connectivity index (χ0n) is 11.4. The smallest absolute Gasteiger partial charge is 0.261 e. The summed E-state index contributed by atoms with van der Waals surface area (Å²) < 4.78 is 1.93. The van der Waals surface area contributed by atoms with Gasteiger partial charge in [-0.3, -0.25) is 19.2 Å². The summed E-state index contributed by atoms with van der Waals surface area (Å²) in [6.07, 6.45) is 0. The molecule has 1 aromatic carbocycles. The fourth-order valence-electron chi connectivity index (χ4n) is 2.87. The average molecular weight is 282 g/mol. The fourth-order valence-corrected chi connectivity index (χ4v) is 2.87. The fraction of sp³-hybridized carbons (Fsp3) is 0.267. The predicted molar refractivity (Wildman–Crippen MR) is 74.6 cm³/mol. The van der Waals surface area contributed by atoms with Crippen molar-refractivity contribution >= 4 is 11.8 Å². The molecule has 0 unspecified atom stereocenters. The molecule has 21 heavy (non-hydrogen) atoms. The third-order valence-electron chi connectivity index (χ3n) is 3.92. The van der Waals surface area contributed by atoms with Crippen molar-refractivity contribution in [1.29, 1.82) is 0 Å². The molecule has 6 heteroatoms. The van der Waals surface area contributed by atoms with Gasteiger partial charge in [0.05, 0.1) is 35.6 Å². The summed E-state index contributed by atoms with van der Waals surface area (Å²) in [5.41, 5.74) is 2.80. The van der Waals surface area contributed by atoms with E-state index >= 15 is 0 Å². The number of rotatable bonds is 2. The highest BCUT2D eigenvalue weighted by molar-refractivity contribution is 6.21. The van der Waals surface area contributed by atoms with Crippen molar-refractivity contribution in [2.24, 2.45) is 0 Å². The van der Waals surface area contributed by atoms with Gasteiger partial charge in [0.1, 0.15) is 0 Å². The van der Waals surface area contributed by atoms with Crippen LogP contribution in [0.15, 0.2) is 30.3 Å². The SMILES string of the molecule is O=C1c2ccccc2C(=O)N1Cc1cc2n(n1)CCNC2. The highest BCUT2D eigenvalue weighted by Gasteiger charge is 2.35. The molecule has 1 aromatic heterocycles. The van der Waals surface area contributed by atoms with Crippen LogP contribution in [0.2, 0.25) is 0 Å². The average Bonchev–Trinajstić information content (AvgIpc) is 3.02. The van der Waals surface area contributed by atoms with Crippen LogP contribution in [0.4, 0.5) is 0 Å². The Morgan fingerprint density at radius 2 is 1.86 bits per heavy atom. The van der Waals surface area contributed by atoms with E-state index in [0.717, 1.165) is 31.0 Å². The van der Waals surface area contributed by atoms with Crippen LogP contribution < -0.4 is 5.32 Å². The van der Waals surface area contributed by atoms with Crippen molar-refractivity contribution in [3.8, 4) is 0 Å². The molecule has 3 heterocycles. The molecular weight excluding hydrogens is 268 g/mol. The van der Waals surface area contributed by atoms with Gasteiger partial charge in [-0.15, -0.1) is 0 Å². The molecule has 4 rings (SSSR count). The molecule has 0 bridgehead atoms. The second kappa shape index (κ2) is 4.53. The lowest BCUT2D eigenvalue weighted by atomic mass is 10.1. The summed E-state index contributed by atoms with van der Waals surface area (Å²) in [4.78, 5) is 25.9. The second-order valence-corrected chi connectivity index (χ2v) is 5.27. The first kappa shape index (κ1) is 12.3. The maximum absolute atomic E-state index is 12.3. The van der Waals surface area contributed by atoms with Crippen LogP contribution in [0.5, 0.6) is 0 Å². The molecule has 0 atom stereocenters. The number of nitrogens with zero attached hydrogens (tertiary/aromatic N) is 3. The first-order chi connectivity index (χ1) is 10.2. The van der Waals surface area contributed by atoms with Crippen LogP contribution in [0, 0.1) is 0 Å². The molecule has 2 amide bonds. The number of carbonyl (C=O) groups excluding carboxylic acids is 2. The van der Waals surface area contributed by atoms with Gasteiger partial charge < -0.3 is 5.32 Å². The molecule has 0 spiro atoms. The van der Waals surface area contributed by atoms with Crippen LogP contribution in [-0.2, 0) is 19.6 Å². The second-order valence-electron chi connectivity index (χ2n) is 5.27. The Hall–Kier alpha value is -2.47. The van der Waals surface area contributed by atoms with Gasteiger partial charge in [-0.2, -0.15) is 5.10 Å². The van der Waals surface area contributed by atoms with Gasteiger partial charge in [-0.1, -0.05) is 12.1 Å². The number of amides is 2. The number of hydrogen-bond donors (Lipinski definition) is 1. The number of nitrogens with one attached hydrogen (secondary N) is 1. The minimum absolute atomic E-state index is 0.229. The summed E-state index contributed by atoms with van der Waals surface area (Å²) in [6, 6.07) is 8.88. The van der Waals surface area contributed by atoms with E-state index in [1.54, 1.807) is 24.3 Å². The number of fused-ring (bicyclic) bond motifs is 2. The molecule has 2 aliphatic rings. The van der Waals surface area contributed by atoms with E-state index in [4.69, 9.17) is 0 Å². The summed E-state index contributed by atoms with van der Waals surface area (Å²) in [7, 11) is 0. The van der Waals surface area contributed by atoms with E-state index in [1.165, 1.54) is 4.90 Å². The third kappa shape index (κ3) is 1.87. The van der Waals surface area contributed by atoms with Crippen LogP contribution in [0.1, 0.15) is 32.1 Å². The lowest BCUT2D eigenvalue weighted by Crippen LogP contribution is -2.29. The Balaban J connectivity index is 1.62. The first-order valence-corrected chi connectivity index (χ1v) is 6.95. The van der Waals surface area contributed by atoms with Gasteiger partial charge in [-0.05, 0) is 18.2 Å². The number of aromatic nitrogens is 2. The lowest BCUT2D eigenvalue weighted by molar-refractivity contribution is 0.0640. The minimum Gasteiger partial charge on any atom is -0.309 e. The third-order valence-corrected chi connectivity index (χ3v) is 3.92. The molecule has 0 radical (unpaired) electrons. The van der Waals surface area contributed by atoms with Gasteiger partial charge in [0.2, 0.25) is 0 Å². The molecule has 0 saturated heterocycles. The van der Waals surface area contributed by atoms with Crippen LogP contribution in [0.25, 0.3) is 0 Å². The van der Waals surface area contributed by atoms with Crippen molar-refractivity contribution in [3.05, 3.63) is 52.8 Å². The van der Waals surface area contributed by atoms with Gasteiger partial charge in [0.15, 0.2) is 0 Å². The maximum Gasteiger partial charge on any atom is 0.261 e. The summed E-state index contributed by atoms with van der Waals surface area (Å²) >= 11 is 0. The predicted octanol–water partition coefficient (Wildman–Crippen LogP) is 0.782. The van der Waals surface area contributed by atoms with E-state index in [-0.39, 0.29) is 18.4 Å². The van der Waals surface area contributed by atoms with Crippen molar-refractivity contribution in [2.75, 3.05) is 6.54 Å². The largest absolute Gasteiger partial charge is 0.309 e. The molecule has 2 aliphatic heterocycles.